The predicted octanol–water partition coefficient (Wildman–Crippen LogP) is 4.25. The molecule has 138 valence electrons. The lowest BCUT2D eigenvalue weighted by Gasteiger charge is -2.18. The second-order valence-electron chi connectivity index (χ2n) is 5.99. The van der Waals surface area contributed by atoms with E-state index < -0.39 is 12.1 Å². The number of benzene rings is 1. The van der Waals surface area contributed by atoms with Crippen LogP contribution in [0.5, 0.6) is 0 Å². The first-order chi connectivity index (χ1) is 13.7. The largest absolute Gasteiger partial charge is 0.448 e. The summed E-state index contributed by atoms with van der Waals surface area (Å²) in [6.45, 7) is 1.78. The van der Waals surface area contributed by atoms with Gasteiger partial charge in [0.1, 0.15) is 4.88 Å². The second kappa shape index (κ2) is 8.06. The fourth-order valence-corrected chi connectivity index (χ4v) is 3.64. The zero-order valence-corrected chi connectivity index (χ0v) is 15.8. The number of rotatable bonds is 5. The van der Waals surface area contributed by atoms with E-state index in [2.05, 4.69) is 19.9 Å². The van der Waals surface area contributed by atoms with Gasteiger partial charge in [0, 0.05) is 30.4 Å². The van der Waals surface area contributed by atoms with Crippen molar-refractivity contribution in [1.29, 1.82) is 0 Å². The van der Waals surface area contributed by atoms with Crippen LogP contribution in [0.1, 0.15) is 32.6 Å². The number of hydrogen-bond acceptors (Lipinski definition) is 7. The van der Waals surface area contributed by atoms with Crippen molar-refractivity contribution in [1.82, 2.24) is 19.9 Å². The van der Waals surface area contributed by atoms with Gasteiger partial charge >= 0.3 is 5.97 Å². The predicted molar refractivity (Wildman–Crippen MR) is 106 cm³/mol. The van der Waals surface area contributed by atoms with Gasteiger partial charge in [-0.25, -0.2) is 19.7 Å². The number of aromatic nitrogens is 4. The lowest BCUT2D eigenvalue weighted by Crippen LogP contribution is -2.13. The number of ether oxygens (including phenoxy) is 1. The summed E-state index contributed by atoms with van der Waals surface area (Å²) in [5, 5.41) is 0.586. The van der Waals surface area contributed by atoms with Crippen LogP contribution < -0.4 is 0 Å². The maximum atomic E-state index is 13.0. The van der Waals surface area contributed by atoms with Crippen LogP contribution in [-0.2, 0) is 4.74 Å². The van der Waals surface area contributed by atoms with Gasteiger partial charge in [-0.1, -0.05) is 36.4 Å². The molecule has 0 aliphatic carbocycles. The molecule has 4 aromatic rings. The maximum Gasteiger partial charge on any atom is 0.351 e. The summed E-state index contributed by atoms with van der Waals surface area (Å²) in [5.74, 6) is 0.0522. The van der Waals surface area contributed by atoms with Gasteiger partial charge < -0.3 is 4.74 Å². The lowest BCUT2D eigenvalue weighted by atomic mass is 10.0. The van der Waals surface area contributed by atoms with Crippen LogP contribution in [0.15, 0.2) is 73.3 Å². The molecule has 0 fully saturated rings. The molecule has 3 aromatic heterocycles. The summed E-state index contributed by atoms with van der Waals surface area (Å²) < 4.78 is 5.89. The van der Waals surface area contributed by atoms with Crippen molar-refractivity contribution in [2.75, 3.05) is 0 Å². The summed E-state index contributed by atoms with van der Waals surface area (Å²) in [6, 6.07) is 15.0. The van der Waals surface area contributed by atoms with Crippen LogP contribution in [0.4, 0.5) is 0 Å². The van der Waals surface area contributed by atoms with E-state index in [0.29, 0.717) is 21.4 Å². The van der Waals surface area contributed by atoms with Crippen LogP contribution in [-0.4, -0.2) is 25.9 Å². The normalized spacial score (nSPS) is 11.8. The molecule has 0 spiro atoms. The van der Waals surface area contributed by atoms with E-state index in [4.69, 9.17) is 4.74 Å². The first-order valence-corrected chi connectivity index (χ1v) is 9.44. The molecule has 0 aliphatic rings. The highest BCUT2D eigenvalue weighted by atomic mass is 32.1. The molecule has 0 radical (unpaired) electrons. The van der Waals surface area contributed by atoms with Crippen LogP contribution >= 0.6 is 11.3 Å². The topological polar surface area (TPSA) is 77.9 Å². The Hall–Kier alpha value is -3.45. The maximum absolute atomic E-state index is 13.0. The van der Waals surface area contributed by atoms with Crippen molar-refractivity contribution in [3.05, 3.63) is 95.0 Å². The van der Waals surface area contributed by atoms with Gasteiger partial charge in [0.05, 0.1) is 5.69 Å². The van der Waals surface area contributed by atoms with E-state index >= 15 is 0 Å². The molecule has 1 aromatic carbocycles. The van der Waals surface area contributed by atoms with Gasteiger partial charge in [0.25, 0.3) is 0 Å². The fraction of sp³-hybridized carbons (Fsp3) is 0.0952. The minimum Gasteiger partial charge on any atom is -0.448 e. The number of nitrogens with zero attached hydrogens (tertiary/aromatic N) is 4. The fourth-order valence-electron chi connectivity index (χ4n) is 2.74. The molecule has 0 bridgehead atoms. The molecule has 6 nitrogen and oxygen atoms in total. The number of carbonyl (C=O) groups is 1. The summed E-state index contributed by atoms with van der Waals surface area (Å²) in [7, 11) is 0. The van der Waals surface area contributed by atoms with Crippen LogP contribution in [0, 0.1) is 6.92 Å². The van der Waals surface area contributed by atoms with E-state index in [9.17, 15) is 4.79 Å². The van der Waals surface area contributed by atoms with Gasteiger partial charge in [-0.05, 0) is 24.6 Å². The van der Waals surface area contributed by atoms with Crippen LogP contribution in [0.3, 0.4) is 0 Å². The number of thiazole rings is 1. The van der Waals surface area contributed by atoms with Crippen molar-refractivity contribution >= 4 is 17.3 Å². The van der Waals surface area contributed by atoms with E-state index in [0.717, 1.165) is 11.1 Å². The average molecular weight is 388 g/mol. The summed E-state index contributed by atoms with van der Waals surface area (Å²) in [6.07, 6.45) is 6.12. The highest BCUT2D eigenvalue weighted by Crippen LogP contribution is 2.30. The highest BCUT2D eigenvalue weighted by Gasteiger charge is 2.24. The Kier molecular flexibility index (Phi) is 5.16. The van der Waals surface area contributed by atoms with Crippen molar-refractivity contribution < 1.29 is 9.53 Å². The van der Waals surface area contributed by atoms with E-state index in [1.807, 2.05) is 42.5 Å². The van der Waals surface area contributed by atoms with Crippen LogP contribution in [0.25, 0.3) is 10.8 Å². The third-order valence-electron chi connectivity index (χ3n) is 4.05. The molecule has 1 unspecified atom stereocenters. The SMILES string of the molecule is Cc1nc(-c2ncccn2)sc1C(=O)OC(c1ccccc1)c1cccnc1. The molecule has 1 atom stereocenters. The quantitative estimate of drug-likeness (QED) is 0.476. The van der Waals surface area contributed by atoms with Gasteiger partial charge in [-0.3, -0.25) is 4.98 Å². The molecule has 28 heavy (non-hydrogen) atoms. The van der Waals surface area contributed by atoms with Gasteiger partial charge in [-0.2, -0.15) is 0 Å². The van der Waals surface area contributed by atoms with Crippen molar-refractivity contribution in [2.24, 2.45) is 0 Å². The Morgan fingerprint density at radius 3 is 2.43 bits per heavy atom. The third kappa shape index (κ3) is 3.79. The molecule has 7 heteroatoms. The molecule has 3 heterocycles. The molecule has 0 saturated carbocycles. The Bertz CT molecular complexity index is 1030. The Labute approximate surface area is 165 Å². The van der Waals surface area contributed by atoms with Gasteiger partial charge in [0.2, 0.25) is 0 Å². The summed E-state index contributed by atoms with van der Waals surface area (Å²) in [4.78, 5) is 30.4. The molecule has 0 saturated heterocycles. The molecule has 4 rings (SSSR count). The molecule has 0 N–H and O–H groups in total. The zero-order chi connectivity index (χ0) is 19.3. The standard InChI is InChI=1S/C21H16N4O2S/c1-14-18(28-20(25-14)19-23-11-6-12-24-19)21(26)27-17(15-7-3-2-4-8-15)16-9-5-10-22-13-16/h2-13,17H,1H3. The van der Waals surface area contributed by atoms with Gasteiger partial charge in [0.15, 0.2) is 16.9 Å². The molecule has 0 amide bonds. The van der Waals surface area contributed by atoms with E-state index in [1.54, 1.807) is 37.8 Å². The number of carbonyl (C=O) groups excluding carboxylic acids is 1. The van der Waals surface area contributed by atoms with E-state index in [1.165, 1.54) is 11.3 Å². The smallest absolute Gasteiger partial charge is 0.351 e. The van der Waals surface area contributed by atoms with Crippen molar-refractivity contribution in [3.8, 4) is 10.8 Å². The zero-order valence-electron chi connectivity index (χ0n) is 15.0. The monoisotopic (exact) mass is 388 g/mol. The number of pyridine rings is 1. The number of hydrogen-bond donors (Lipinski definition) is 0. The first kappa shape index (κ1) is 17.9. The average Bonchev–Trinajstić information content (AvgIpc) is 3.15. The lowest BCUT2D eigenvalue weighted by molar-refractivity contribution is 0.0382. The summed E-state index contributed by atoms with van der Waals surface area (Å²) in [5.41, 5.74) is 2.27. The Balaban J connectivity index is 1.65. The van der Waals surface area contributed by atoms with Crippen molar-refractivity contribution in [2.45, 2.75) is 13.0 Å². The number of aryl methyl sites for hydroxylation is 1. The van der Waals surface area contributed by atoms with E-state index in [-0.39, 0.29) is 0 Å². The number of esters is 1. The minimum absolute atomic E-state index is 0.435. The molecular formula is C21H16N4O2S. The first-order valence-electron chi connectivity index (χ1n) is 8.63. The minimum atomic E-state index is -0.555. The molecule has 0 aliphatic heterocycles. The Morgan fingerprint density at radius 1 is 0.964 bits per heavy atom. The highest BCUT2D eigenvalue weighted by molar-refractivity contribution is 7.16. The third-order valence-corrected chi connectivity index (χ3v) is 5.19. The van der Waals surface area contributed by atoms with Crippen molar-refractivity contribution in [3.63, 3.8) is 0 Å². The van der Waals surface area contributed by atoms with Gasteiger partial charge in [-0.15, -0.1) is 11.3 Å². The second-order valence-corrected chi connectivity index (χ2v) is 6.99. The van der Waals surface area contributed by atoms with Crippen LogP contribution in [0.2, 0.25) is 0 Å². The Morgan fingerprint density at radius 2 is 1.71 bits per heavy atom. The molecular weight excluding hydrogens is 372 g/mol. The summed E-state index contributed by atoms with van der Waals surface area (Å²) >= 11 is 1.23.